The largest absolute Gasteiger partial charge is 0.466 e. The standard InChI is InChI=1S/C13H13ClN4O4/c1-2-3-4-10-11(16-22-15-10)12-17-21-13(19)18(12)6-9-5-8(14)7-20-9/h5,7H,2-4,6H2,1H3. The molecule has 3 aromatic heterocycles. The molecule has 3 rings (SSSR count). The molecule has 0 aromatic carbocycles. The highest BCUT2D eigenvalue weighted by molar-refractivity contribution is 6.30. The van der Waals surface area contributed by atoms with Crippen LogP contribution in [0.25, 0.3) is 11.5 Å². The zero-order chi connectivity index (χ0) is 15.5. The molecule has 0 fully saturated rings. The van der Waals surface area contributed by atoms with Crippen LogP contribution in [0.15, 0.2) is 30.7 Å². The fourth-order valence-corrected chi connectivity index (χ4v) is 2.22. The van der Waals surface area contributed by atoms with Gasteiger partial charge in [-0.2, -0.15) is 0 Å². The normalized spacial score (nSPS) is 11.2. The van der Waals surface area contributed by atoms with Crippen molar-refractivity contribution in [1.29, 1.82) is 0 Å². The van der Waals surface area contributed by atoms with Crippen molar-refractivity contribution in [2.24, 2.45) is 0 Å². The van der Waals surface area contributed by atoms with Gasteiger partial charge < -0.3 is 4.42 Å². The molecule has 0 atom stereocenters. The Labute approximate surface area is 129 Å². The van der Waals surface area contributed by atoms with E-state index in [1.54, 1.807) is 6.07 Å². The third-order valence-electron chi connectivity index (χ3n) is 3.16. The molecule has 3 heterocycles. The molecular formula is C13H13ClN4O4. The van der Waals surface area contributed by atoms with E-state index in [1.165, 1.54) is 10.8 Å². The summed E-state index contributed by atoms with van der Waals surface area (Å²) in [5.74, 6) is 0.139. The van der Waals surface area contributed by atoms with Gasteiger partial charge in [0.05, 0.1) is 11.6 Å². The molecule has 0 N–H and O–H groups in total. The van der Waals surface area contributed by atoms with Crippen LogP contribution in [0.4, 0.5) is 0 Å². The highest BCUT2D eigenvalue weighted by Crippen LogP contribution is 2.21. The quantitative estimate of drug-likeness (QED) is 0.686. The van der Waals surface area contributed by atoms with Gasteiger partial charge in [0, 0.05) is 6.07 Å². The van der Waals surface area contributed by atoms with Gasteiger partial charge >= 0.3 is 5.76 Å². The average molecular weight is 325 g/mol. The lowest BCUT2D eigenvalue weighted by molar-refractivity contribution is 0.303. The fourth-order valence-electron chi connectivity index (χ4n) is 2.05. The molecule has 0 radical (unpaired) electrons. The van der Waals surface area contributed by atoms with Crippen LogP contribution < -0.4 is 5.76 Å². The molecule has 0 spiro atoms. The van der Waals surface area contributed by atoms with Gasteiger partial charge in [0.15, 0.2) is 5.69 Å². The molecule has 0 saturated heterocycles. The molecule has 3 aromatic rings. The van der Waals surface area contributed by atoms with Crippen LogP contribution in [-0.2, 0) is 13.0 Å². The van der Waals surface area contributed by atoms with Gasteiger partial charge in [-0.3, -0.25) is 4.52 Å². The molecule has 0 unspecified atom stereocenters. The van der Waals surface area contributed by atoms with Crippen LogP contribution in [0, 0.1) is 0 Å². The monoisotopic (exact) mass is 324 g/mol. The van der Waals surface area contributed by atoms with Crippen LogP contribution in [0.5, 0.6) is 0 Å². The number of hydrogen-bond acceptors (Lipinski definition) is 7. The molecule has 9 heteroatoms. The van der Waals surface area contributed by atoms with Gasteiger partial charge in [-0.05, 0) is 18.0 Å². The molecule has 22 heavy (non-hydrogen) atoms. The van der Waals surface area contributed by atoms with E-state index in [0.29, 0.717) is 28.6 Å². The number of aryl methyl sites for hydroxylation is 1. The lowest BCUT2D eigenvalue weighted by Gasteiger charge is -2.00. The Bertz CT molecular complexity index is 816. The van der Waals surface area contributed by atoms with Crippen LogP contribution in [-0.4, -0.2) is 20.0 Å². The van der Waals surface area contributed by atoms with E-state index in [-0.39, 0.29) is 12.4 Å². The van der Waals surface area contributed by atoms with Crippen molar-refractivity contribution in [3.8, 4) is 11.5 Å². The van der Waals surface area contributed by atoms with Crippen molar-refractivity contribution in [2.45, 2.75) is 32.7 Å². The van der Waals surface area contributed by atoms with Gasteiger partial charge in [0.25, 0.3) is 0 Å². The summed E-state index contributed by atoms with van der Waals surface area (Å²) in [6, 6.07) is 1.61. The van der Waals surface area contributed by atoms with E-state index in [9.17, 15) is 4.79 Å². The van der Waals surface area contributed by atoms with Gasteiger partial charge in [-0.15, -0.1) is 0 Å². The highest BCUT2D eigenvalue weighted by Gasteiger charge is 2.21. The molecule has 0 aliphatic heterocycles. The molecule has 0 saturated carbocycles. The van der Waals surface area contributed by atoms with Crippen molar-refractivity contribution >= 4 is 11.6 Å². The van der Waals surface area contributed by atoms with E-state index in [2.05, 4.69) is 22.4 Å². The van der Waals surface area contributed by atoms with Crippen LogP contribution >= 0.6 is 11.6 Å². The fraction of sp³-hybridized carbons (Fsp3) is 0.385. The minimum absolute atomic E-state index is 0.129. The van der Waals surface area contributed by atoms with Crippen molar-refractivity contribution in [3.05, 3.63) is 39.4 Å². The zero-order valence-corrected chi connectivity index (χ0v) is 12.5. The first-order valence-electron chi connectivity index (χ1n) is 6.80. The molecule has 116 valence electrons. The summed E-state index contributed by atoms with van der Waals surface area (Å²) in [7, 11) is 0. The van der Waals surface area contributed by atoms with E-state index in [4.69, 9.17) is 25.2 Å². The number of rotatable bonds is 6. The van der Waals surface area contributed by atoms with Gasteiger partial charge in [0.1, 0.15) is 17.7 Å². The Morgan fingerprint density at radius 1 is 1.32 bits per heavy atom. The predicted octanol–water partition coefficient (Wildman–Crippen LogP) is 2.52. The molecule has 0 aliphatic rings. The third-order valence-corrected chi connectivity index (χ3v) is 3.36. The summed E-state index contributed by atoms with van der Waals surface area (Å²) in [6.07, 6.45) is 4.00. The van der Waals surface area contributed by atoms with E-state index < -0.39 is 5.76 Å². The lowest BCUT2D eigenvalue weighted by Crippen LogP contribution is -2.16. The highest BCUT2D eigenvalue weighted by atomic mass is 35.5. The van der Waals surface area contributed by atoms with Crippen LogP contribution in [0.3, 0.4) is 0 Å². The Morgan fingerprint density at radius 2 is 2.18 bits per heavy atom. The first-order valence-corrected chi connectivity index (χ1v) is 7.18. The minimum Gasteiger partial charge on any atom is -0.466 e. The first kappa shape index (κ1) is 14.6. The number of nitrogens with zero attached hydrogens (tertiary/aromatic N) is 4. The molecule has 8 nitrogen and oxygen atoms in total. The van der Waals surface area contributed by atoms with Gasteiger partial charge in [-0.25, -0.2) is 14.0 Å². The van der Waals surface area contributed by atoms with E-state index in [1.807, 2.05) is 0 Å². The molecule has 0 amide bonds. The average Bonchev–Trinajstić information content (AvgIpc) is 3.20. The van der Waals surface area contributed by atoms with Crippen molar-refractivity contribution in [1.82, 2.24) is 20.0 Å². The van der Waals surface area contributed by atoms with Crippen LogP contribution in [0.1, 0.15) is 31.2 Å². The Hall–Kier alpha value is -2.35. The smallest absolute Gasteiger partial charge is 0.442 e. The molecule has 0 bridgehead atoms. The number of aromatic nitrogens is 4. The summed E-state index contributed by atoms with van der Waals surface area (Å²) < 4.78 is 16.0. The topological polar surface area (TPSA) is 100 Å². The Kier molecular flexibility index (Phi) is 4.10. The summed E-state index contributed by atoms with van der Waals surface area (Å²) in [4.78, 5) is 11.9. The lowest BCUT2D eigenvalue weighted by atomic mass is 10.1. The second-order valence-electron chi connectivity index (χ2n) is 4.75. The summed E-state index contributed by atoms with van der Waals surface area (Å²) in [5, 5.41) is 11.9. The first-order chi connectivity index (χ1) is 10.7. The molecule has 0 aliphatic carbocycles. The summed E-state index contributed by atoms with van der Waals surface area (Å²) >= 11 is 5.80. The zero-order valence-electron chi connectivity index (χ0n) is 11.8. The Morgan fingerprint density at radius 3 is 2.91 bits per heavy atom. The number of halogens is 1. The van der Waals surface area contributed by atoms with Crippen LogP contribution in [0.2, 0.25) is 5.02 Å². The van der Waals surface area contributed by atoms with Crippen molar-refractivity contribution in [2.75, 3.05) is 0 Å². The predicted molar refractivity (Wildman–Crippen MR) is 75.5 cm³/mol. The SMILES string of the molecule is CCCCc1nonc1-c1noc(=O)n1Cc1cc(Cl)co1. The number of hydrogen-bond donors (Lipinski definition) is 0. The summed E-state index contributed by atoms with van der Waals surface area (Å²) in [6.45, 7) is 2.20. The Balaban J connectivity index is 1.95. The second-order valence-corrected chi connectivity index (χ2v) is 5.19. The van der Waals surface area contributed by atoms with E-state index in [0.717, 1.165) is 12.8 Å². The van der Waals surface area contributed by atoms with E-state index >= 15 is 0 Å². The van der Waals surface area contributed by atoms with Gasteiger partial charge in [-0.1, -0.05) is 35.3 Å². The number of furan rings is 1. The molecular weight excluding hydrogens is 312 g/mol. The summed E-state index contributed by atoms with van der Waals surface area (Å²) in [5.41, 5.74) is 1.04. The maximum atomic E-state index is 11.9. The maximum Gasteiger partial charge on any atom is 0.442 e. The van der Waals surface area contributed by atoms with Gasteiger partial charge in [0.2, 0.25) is 5.82 Å². The van der Waals surface area contributed by atoms with Crippen molar-refractivity contribution in [3.63, 3.8) is 0 Å². The van der Waals surface area contributed by atoms with Crippen molar-refractivity contribution < 1.29 is 13.6 Å². The minimum atomic E-state index is -0.619. The third kappa shape index (κ3) is 2.82. The maximum absolute atomic E-state index is 11.9. The second kappa shape index (κ2) is 6.18. The number of unbranched alkanes of at least 4 members (excludes halogenated alkanes) is 1.